The predicted octanol–water partition coefficient (Wildman–Crippen LogP) is 3.37. The standard InChI is InChI=1S/C19H22O3/c1-18-9-7-13(20)11-12(18)3-4-14-15(18)8-10-19(2)16(14)5-6-17(21)22-19/h3-4,7,9,11,14-16H,5-6,8,10H2,1-2H3. The first kappa shape index (κ1) is 14.0. The lowest BCUT2D eigenvalue weighted by Crippen LogP contribution is -2.55. The van der Waals surface area contributed by atoms with E-state index in [4.69, 9.17) is 4.74 Å². The maximum atomic E-state index is 11.7. The van der Waals surface area contributed by atoms with E-state index in [9.17, 15) is 9.59 Å². The summed E-state index contributed by atoms with van der Waals surface area (Å²) >= 11 is 0. The summed E-state index contributed by atoms with van der Waals surface area (Å²) in [7, 11) is 0. The highest BCUT2D eigenvalue weighted by Gasteiger charge is 2.55. The van der Waals surface area contributed by atoms with Crippen molar-refractivity contribution < 1.29 is 14.3 Å². The number of carbonyl (C=O) groups excluding carboxylic acids is 2. The molecule has 1 heterocycles. The highest BCUT2D eigenvalue weighted by molar-refractivity contribution is 6.01. The van der Waals surface area contributed by atoms with Crippen LogP contribution < -0.4 is 0 Å². The summed E-state index contributed by atoms with van der Waals surface area (Å²) in [4.78, 5) is 23.4. The molecule has 0 aromatic heterocycles. The van der Waals surface area contributed by atoms with Crippen LogP contribution in [0, 0.1) is 23.2 Å². The molecule has 5 atom stereocenters. The van der Waals surface area contributed by atoms with Crippen LogP contribution in [0.5, 0.6) is 0 Å². The van der Waals surface area contributed by atoms with Crippen LogP contribution in [0.2, 0.25) is 0 Å². The van der Waals surface area contributed by atoms with Gasteiger partial charge >= 0.3 is 5.97 Å². The molecule has 3 aliphatic carbocycles. The first-order chi connectivity index (χ1) is 10.4. The van der Waals surface area contributed by atoms with Crippen LogP contribution >= 0.6 is 0 Å². The third-order valence-corrected chi connectivity index (χ3v) is 6.45. The molecule has 2 fully saturated rings. The van der Waals surface area contributed by atoms with Gasteiger partial charge in [0.2, 0.25) is 0 Å². The number of hydrogen-bond donors (Lipinski definition) is 0. The highest BCUT2D eigenvalue weighted by atomic mass is 16.6. The van der Waals surface area contributed by atoms with E-state index < -0.39 is 0 Å². The van der Waals surface area contributed by atoms with Crippen LogP contribution in [0.3, 0.4) is 0 Å². The third-order valence-electron chi connectivity index (χ3n) is 6.45. The molecule has 3 nitrogen and oxygen atoms in total. The fourth-order valence-corrected chi connectivity index (χ4v) is 5.17. The summed E-state index contributed by atoms with van der Waals surface area (Å²) in [6.07, 6.45) is 13.4. The normalized spacial score (nSPS) is 46.3. The van der Waals surface area contributed by atoms with E-state index in [0.717, 1.165) is 24.8 Å². The second-order valence-electron chi connectivity index (χ2n) is 7.63. The molecular formula is C19H22O3. The molecule has 4 rings (SSSR count). The van der Waals surface area contributed by atoms with E-state index in [0.29, 0.717) is 24.2 Å². The molecule has 22 heavy (non-hydrogen) atoms. The Morgan fingerprint density at radius 1 is 1.14 bits per heavy atom. The zero-order chi connectivity index (χ0) is 15.5. The summed E-state index contributed by atoms with van der Waals surface area (Å²) in [5.74, 6) is 1.34. The van der Waals surface area contributed by atoms with Gasteiger partial charge in [-0.05, 0) is 55.7 Å². The Kier molecular flexibility index (Phi) is 2.82. The average molecular weight is 298 g/mol. The van der Waals surface area contributed by atoms with Gasteiger partial charge < -0.3 is 4.74 Å². The molecule has 0 spiro atoms. The van der Waals surface area contributed by atoms with Crippen LogP contribution in [-0.4, -0.2) is 17.4 Å². The minimum Gasteiger partial charge on any atom is -0.459 e. The highest BCUT2D eigenvalue weighted by Crippen LogP contribution is 2.58. The molecule has 1 aliphatic heterocycles. The molecule has 0 aromatic rings. The number of allylic oxidation sites excluding steroid dienone is 6. The Hall–Kier alpha value is -1.64. The van der Waals surface area contributed by atoms with Crippen molar-refractivity contribution in [2.45, 2.75) is 45.1 Å². The van der Waals surface area contributed by atoms with Crippen LogP contribution in [0.25, 0.3) is 0 Å². The Balaban J connectivity index is 1.74. The lowest BCUT2D eigenvalue weighted by molar-refractivity contribution is -0.187. The van der Waals surface area contributed by atoms with E-state index in [1.54, 1.807) is 12.2 Å². The second-order valence-corrected chi connectivity index (χ2v) is 7.63. The monoisotopic (exact) mass is 298 g/mol. The average Bonchev–Trinajstić information content (AvgIpc) is 2.46. The van der Waals surface area contributed by atoms with Crippen molar-refractivity contribution in [1.82, 2.24) is 0 Å². The number of ketones is 1. The van der Waals surface area contributed by atoms with Crippen molar-refractivity contribution in [3.8, 4) is 0 Å². The Labute approximate surface area is 131 Å². The van der Waals surface area contributed by atoms with E-state index in [1.807, 2.05) is 0 Å². The molecular weight excluding hydrogens is 276 g/mol. The number of rotatable bonds is 0. The number of esters is 1. The predicted molar refractivity (Wildman–Crippen MR) is 82.9 cm³/mol. The van der Waals surface area contributed by atoms with E-state index in [2.05, 4.69) is 32.1 Å². The van der Waals surface area contributed by atoms with Gasteiger partial charge in [0.15, 0.2) is 5.78 Å². The van der Waals surface area contributed by atoms with Gasteiger partial charge in [0.05, 0.1) is 0 Å². The van der Waals surface area contributed by atoms with E-state index >= 15 is 0 Å². The number of fused-ring (bicyclic) bond motifs is 5. The fourth-order valence-electron chi connectivity index (χ4n) is 5.17. The Morgan fingerprint density at radius 3 is 2.77 bits per heavy atom. The summed E-state index contributed by atoms with van der Waals surface area (Å²) in [5, 5.41) is 0. The van der Waals surface area contributed by atoms with Crippen LogP contribution in [0.4, 0.5) is 0 Å². The largest absolute Gasteiger partial charge is 0.459 e. The first-order valence-electron chi connectivity index (χ1n) is 8.28. The molecule has 0 N–H and O–H groups in total. The van der Waals surface area contributed by atoms with Crippen molar-refractivity contribution in [3.05, 3.63) is 36.0 Å². The summed E-state index contributed by atoms with van der Waals surface area (Å²) in [6.45, 7) is 4.35. The fraction of sp³-hybridized carbons (Fsp3) is 0.579. The van der Waals surface area contributed by atoms with E-state index in [1.165, 1.54) is 0 Å². The van der Waals surface area contributed by atoms with Crippen molar-refractivity contribution >= 4 is 11.8 Å². The minimum absolute atomic E-state index is 0.0491. The maximum Gasteiger partial charge on any atom is 0.306 e. The van der Waals surface area contributed by atoms with Crippen molar-refractivity contribution in [1.29, 1.82) is 0 Å². The molecule has 4 aliphatic rings. The zero-order valence-electron chi connectivity index (χ0n) is 13.2. The number of hydrogen-bond acceptors (Lipinski definition) is 3. The molecule has 0 bridgehead atoms. The van der Waals surface area contributed by atoms with Gasteiger partial charge in [0, 0.05) is 17.8 Å². The van der Waals surface area contributed by atoms with Crippen LogP contribution in [0.1, 0.15) is 39.5 Å². The molecule has 0 radical (unpaired) electrons. The van der Waals surface area contributed by atoms with Crippen LogP contribution in [0.15, 0.2) is 36.0 Å². The van der Waals surface area contributed by atoms with Crippen LogP contribution in [-0.2, 0) is 14.3 Å². The van der Waals surface area contributed by atoms with Crippen molar-refractivity contribution in [3.63, 3.8) is 0 Å². The smallest absolute Gasteiger partial charge is 0.306 e. The molecule has 1 saturated carbocycles. The van der Waals surface area contributed by atoms with E-state index in [-0.39, 0.29) is 22.8 Å². The van der Waals surface area contributed by atoms with Gasteiger partial charge in [0.1, 0.15) is 5.60 Å². The van der Waals surface area contributed by atoms with Gasteiger partial charge in [0.25, 0.3) is 0 Å². The molecule has 0 amide bonds. The molecule has 5 unspecified atom stereocenters. The quantitative estimate of drug-likeness (QED) is 0.644. The summed E-state index contributed by atoms with van der Waals surface area (Å²) in [5.41, 5.74) is 0.764. The van der Waals surface area contributed by atoms with Gasteiger partial charge in [-0.2, -0.15) is 0 Å². The number of carbonyl (C=O) groups is 2. The second kappa shape index (κ2) is 4.43. The molecule has 3 heteroatoms. The van der Waals surface area contributed by atoms with Crippen molar-refractivity contribution in [2.24, 2.45) is 23.2 Å². The first-order valence-corrected chi connectivity index (χ1v) is 8.28. The number of ether oxygens (including phenoxy) is 1. The molecule has 1 saturated heterocycles. The Morgan fingerprint density at radius 2 is 1.95 bits per heavy atom. The minimum atomic E-state index is -0.313. The van der Waals surface area contributed by atoms with Gasteiger partial charge in [-0.15, -0.1) is 0 Å². The molecule has 0 aromatic carbocycles. The van der Waals surface area contributed by atoms with Gasteiger partial charge in [-0.1, -0.05) is 25.2 Å². The van der Waals surface area contributed by atoms with Gasteiger partial charge in [-0.25, -0.2) is 0 Å². The lowest BCUT2D eigenvalue weighted by atomic mass is 9.51. The topological polar surface area (TPSA) is 43.4 Å². The Bertz CT molecular complexity index is 641. The lowest BCUT2D eigenvalue weighted by Gasteiger charge is -2.56. The zero-order valence-corrected chi connectivity index (χ0v) is 13.2. The summed E-state index contributed by atoms with van der Waals surface area (Å²) in [6, 6.07) is 0. The summed E-state index contributed by atoms with van der Waals surface area (Å²) < 4.78 is 5.75. The van der Waals surface area contributed by atoms with Gasteiger partial charge in [-0.3, -0.25) is 9.59 Å². The SMILES string of the molecule is CC12CCC3C(C=CC4=CC(=O)C=CC43C)C1CCC(=O)O2. The maximum absolute atomic E-state index is 11.7. The third kappa shape index (κ3) is 1.81. The molecule has 116 valence electrons. The van der Waals surface area contributed by atoms with Crippen molar-refractivity contribution in [2.75, 3.05) is 0 Å².